The van der Waals surface area contributed by atoms with Crippen molar-refractivity contribution in [1.82, 2.24) is 5.32 Å². The fourth-order valence-electron chi connectivity index (χ4n) is 1.79. The molecule has 0 spiro atoms. The SMILES string of the molecule is CCc1ccccc1C(=O)NCCCCCN. The molecule has 0 fully saturated rings. The Morgan fingerprint density at radius 3 is 2.71 bits per heavy atom. The second-order valence-corrected chi connectivity index (χ2v) is 4.12. The first kappa shape index (κ1) is 13.7. The average molecular weight is 234 g/mol. The van der Waals surface area contributed by atoms with Crippen LogP contribution in [-0.2, 0) is 6.42 Å². The average Bonchev–Trinajstić information content (AvgIpc) is 2.38. The van der Waals surface area contributed by atoms with Crippen LogP contribution >= 0.6 is 0 Å². The molecule has 0 bridgehead atoms. The number of benzene rings is 1. The first-order valence-electron chi connectivity index (χ1n) is 6.35. The third-order valence-corrected chi connectivity index (χ3v) is 2.81. The quantitative estimate of drug-likeness (QED) is 0.710. The Labute approximate surface area is 103 Å². The maximum Gasteiger partial charge on any atom is 0.251 e. The third kappa shape index (κ3) is 4.57. The largest absolute Gasteiger partial charge is 0.352 e. The summed E-state index contributed by atoms with van der Waals surface area (Å²) in [5.74, 6) is 0.0372. The van der Waals surface area contributed by atoms with E-state index in [1.54, 1.807) is 0 Å². The summed E-state index contributed by atoms with van der Waals surface area (Å²) in [6.45, 7) is 3.52. The highest BCUT2D eigenvalue weighted by Gasteiger charge is 2.08. The van der Waals surface area contributed by atoms with Gasteiger partial charge in [0.15, 0.2) is 0 Å². The fraction of sp³-hybridized carbons (Fsp3) is 0.500. The number of nitrogens with one attached hydrogen (secondary N) is 1. The smallest absolute Gasteiger partial charge is 0.251 e. The second kappa shape index (κ2) is 7.85. The van der Waals surface area contributed by atoms with Crippen molar-refractivity contribution in [2.24, 2.45) is 5.73 Å². The minimum atomic E-state index is 0.0372. The van der Waals surface area contributed by atoms with Crippen LogP contribution in [0.4, 0.5) is 0 Å². The van der Waals surface area contributed by atoms with Gasteiger partial charge in [0, 0.05) is 12.1 Å². The van der Waals surface area contributed by atoms with Gasteiger partial charge in [-0.05, 0) is 37.4 Å². The highest BCUT2D eigenvalue weighted by molar-refractivity contribution is 5.95. The van der Waals surface area contributed by atoms with Crippen molar-refractivity contribution in [3.05, 3.63) is 35.4 Å². The Kier molecular flexibility index (Phi) is 6.33. The van der Waals surface area contributed by atoms with Crippen LogP contribution in [0.3, 0.4) is 0 Å². The first-order valence-corrected chi connectivity index (χ1v) is 6.35. The molecule has 0 heterocycles. The Morgan fingerprint density at radius 2 is 2.00 bits per heavy atom. The van der Waals surface area contributed by atoms with E-state index in [1.807, 2.05) is 24.3 Å². The lowest BCUT2D eigenvalue weighted by atomic mass is 10.0. The zero-order chi connectivity index (χ0) is 12.5. The van der Waals surface area contributed by atoms with Crippen LogP contribution in [0.5, 0.6) is 0 Å². The topological polar surface area (TPSA) is 55.1 Å². The van der Waals surface area contributed by atoms with Gasteiger partial charge in [0.05, 0.1) is 0 Å². The molecule has 0 atom stereocenters. The van der Waals surface area contributed by atoms with Crippen LogP contribution < -0.4 is 11.1 Å². The van der Waals surface area contributed by atoms with E-state index in [0.717, 1.165) is 49.9 Å². The van der Waals surface area contributed by atoms with Crippen LogP contribution in [0.2, 0.25) is 0 Å². The molecule has 3 nitrogen and oxygen atoms in total. The molecule has 0 unspecified atom stereocenters. The number of aryl methyl sites for hydroxylation is 1. The van der Waals surface area contributed by atoms with Crippen molar-refractivity contribution < 1.29 is 4.79 Å². The maximum absolute atomic E-state index is 11.9. The molecule has 1 aromatic rings. The number of carbonyl (C=O) groups is 1. The van der Waals surface area contributed by atoms with Crippen molar-refractivity contribution in [3.63, 3.8) is 0 Å². The van der Waals surface area contributed by atoms with Crippen LogP contribution in [0.15, 0.2) is 24.3 Å². The lowest BCUT2D eigenvalue weighted by molar-refractivity contribution is 0.0952. The van der Waals surface area contributed by atoms with E-state index in [9.17, 15) is 4.79 Å². The fourth-order valence-corrected chi connectivity index (χ4v) is 1.79. The molecule has 0 saturated carbocycles. The van der Waals surface area contributed by atoms with Gasteiger partial charge in [-0.15, -0.1) is 0 Å². The highest BCUT2D eigenvalue weighted by Crippen LogP contribution is 2.09. The van der Waals surface area contributed by atoms with Crippen molar-refractivity contribution in [2.45, 2.75) is 32.6 Å². The normalized spacial score (nSPS) is 10.2. The van der Waals surface area contributed by atoms with Crippen molar-refractivity contribution >= 4 is 5.91 Å². The molecule has 94 valence electrons. The molecule has 0 aliphatic rings. The molecule has 1 amide bonds. The maximum atomic E-state index is 11.9. The molecule has 0 aromatic heterocycles. The molecule has 0 saturated heterocycles. The van der Waals surface area contributed by atoms with Crippen LogP contribution in [-0.4, -0.2) is 19.0 Å². The molecule has 3 heteroatoms. The summed E-state index contributed by atoms with van der Waals surface area (Å²) in [6, 6.07) is 7.76. The van der Waals surface area contributed by atoms with E-state index in [4.69, 9.17) is 5.73 Å². The minimum Gasteiger partial charge on any atom is -0.352 e. The van der Waals surface area contributed by atoms with Gasteiger partial charge < -0.3 is 11.1 Å². The number of carbonyl (C=O) groups excluding carboxylic acids is 1. The number of hydrogen-bond donors (Lipinski definition) is 2. The van der Waals surface area contributed by atoms with Crippen LogP contribution in [0.1, 0.15) is 42.1 Å². The zero-order valence-electron chi connectivity index (χ0n) is 10.5. The molecule has 1 rings (SSSR count). The number of hydrogen-bond acceptors (Lipinski definition) is 2. The lowest BCUT2D eigenvalue weighted by Gasteiger charge is -2.08. The van der Waals surface area contributed by atoms with Gasteiger partial charge in [-0.1, -0.05) is 31.5 Å². The summed E-state index contributed by atoms with van der Waals surface area (Å²) in [4.78, 5) is 11.9. The molecular weight excluding hydrogens is 212 g/mol. The molecule has 3 N–H and O–H groups in total. The molecule has 1 aromatic carbocycles. The van der Waals surface area contributed by atoms with E-state index in [0.29, 0.717) is 0 Å². The van der Waals surface area contributed by atoms with Gasteiger partial charge in [0.2, 0.25) is 0 Å². The Balaban J connectivity index is 2.41. The molecule has 0 radical (unpaired) electrons. The van der Waals surface area contributed by atoms with E-state index in [-0.39, 0.29) is 5.91 Å². The van der Waals surface area contributed by atoms with Gasteiger partial charge in [-0.3, -0.25) is 4.79 Å². The molecule has 0 aliphatic heterocycles. The predicted octanol–water partition coefficient (Wildman–Crippen LogP) is 2.11. The Bertz CT molecular complexity index is 350. The van der Waals surface area contributed by atoms with Crippen LogP contribution in [0, 0.1) is 0 Å². The summed E-state index contributed by atoms with van der Waals surface area (Å²) in [6.07, 6.45) is 3.99. The summed E-state index contributed by atoms with van der Waals surface area (Å²) < 4.78 is 0. The van der Waals surface area contributed by atoms with Crippen molar-refractivity contribution in [3.8, 4) is 0 Å². The van der Waals surface area contributed by atoms with Gasteiger partial charge in [0.1, 0.15) is 0 Å². The summed E-state index contributed by atoms with van der Waals surface area (Å²) in [5.41, 5.74) is 7.32. The third-order valence-electron chi connectivity index (χ3n) is 2.81. The molecule has 0 aliphatic carbocycles. The predicted molar refractivity (Wildman–Crippen MR) is 71.1 cm³/mol. The van der Waals surface area contributed by atoms with E-state index in [2.05, 4.69) is 12.2 Å². The molecular formula is C14H22N2O. The lowest BCUT2D eigenvalue weighted by Crippen LogP contribution is -2.25. The molecule has 17 heavy (non-hydrogen) atoms. The number of rotatable bonds is 7. The van der Waals surface area contributed by atoms with Crippen molar-refractivity contribution in [2.75, 3.05) is 13.1 Å². The summed E-state index contributed by atoms with van der Waals surface area (Å²) >= 11 is 0. The Morgan fingerprint density at radius 1 is 1.24 bits per heavy atom. The number of nitrogens with two attached hydrogens (primary N) is 1. The van der Waals surface area contributed by atoms with Gasteiger partial charge >= 0.3 is 0 Å². The van der Waals surface area contributed by atoms with Crippen molar-refractivity contribution in [1.29, 1.82) is 0 Å². The first-order chi connectivity index (χ1) is 8.29. The van der Waals surface area contributed by atoms with Gasteiger partial charge in [-0.2, -0.15) is 0 Å². The highest BCUT2D eigenvalue weighted by atomic mass is 16.1. The van der Waals surface area contributed by atoms with Gasteiger partial charge in [-0.25, -0.2) is 0 Å². The second-order valence-electron chi connectivity index (χ2n) is 4.12. The zero-order valence-corrected chi connectivity index (χ0v) is 10.5. The summed E-state index contributed by atoms with van der Waals surface area (Å²) in [5, 5.41) is 2.95. The number of unbranched alkanes of at least 4 members (excludes halogenated alkanes) is 2. The number of amides is 1. The van der Waals surface area contributed by atoms with E-state index in [1.165, 1.54) is 0 Å². The van der Waals surface area contributed by atoms with Crippen LogP contribution in [0.25, 0.3) is 0 Å². The Hall–Kier alpha value is -1.35. The summed E-state index contributed by atoms with van der Waals surface area (Å²) in [7, 11) is 0. The standard InChI is InChI=1S/C14H22N2O/c1-2-12-8-4-5-9-13(12)14(17)16-11-7-3-6-10-15/h4-5,8-9H,2-3,6-7,10-11,15H2,1H3,(H,16,17). The van der Waals surface area contributed by atoms with E-state index >= 15 is 0 Å². The van der Waals surface area contributed by atoms with Gasteiger partial charge in [0.25, 0.3) is 5.91 Å². The monoisotopic (exact) mass is 234 g/mol. The van der Waals surface area contributed by atoms with E-state index < -0.39 is 0 Å². The minimum absolute atomic E-state index is 0.0372.